The summed E-state index contributed by atoms with van der Waals surface area (Å²) in [6.45, 7) is 0.933. The van der Waals surface area contributed by atoms with E-state index in [1.54, 1.807) is 6.07 Å². The molecule has 82 valence electrons. The third-order valence-electron chi connectivity index (χ3n) is 3.04. The summed E-state index contributed by atoms with van der Waals surface area (Å²) < 4.78 is 0. The molecule has 1 aromatic heterocycles. The fourth-order valence-electron chi connectivity index (χ4n) is 2.21. The first kappa shape index (κ1) is 9.35. The minimum absolute atomic E-state index is 0.319. The van der Waals surface area contributed by atoms with Gasteiger partial charge in [0.25, 0.3) is 5.91 Å². The van der Waals surface area contributed by atoms with Gasteiger partial charge in [-0.05, 0) is 18.6 Å². The normalized spacial score (nSPS) is 21.8. The van der Waals surface area contributed by atoms with Gasteiger partial charge in [-0.3, -0.25) is 4.79 Å². The number of carbonyl (C=O) groups is 1. The zero-order valence-electron chi connectivity index (χ0n) is 8.66. The summed E-state index contributed by atoms with van der Waals surface area (Å²) in [5.74, 6) is 0.00885. The summed E-state index contributed by atoms with van der Waals surface area (Å²) in [4.78, 5) is 15.3. The Morgan fingerprint density at radius 2 is 2.38 bits per heavy atom. The lowest BCUT2D eigenvalue weighted by Gasteiger charge is -2.12. The second-order valence-corrected chi connectivity index (χ2v) is 4.05. The number of rotatable bonds is 1. The van der Waals surface area contributed by atoms with Crippen LogP contribution in [0.25, 0.3) is 11.8 Å². The molecule has 0 aromatic carbocycles. The average Bonchev–Trinajstić information content (AvgIpc) is 2.76. The number of amides is 1. The lowest BCUT2D eigenvalue weighted by atomic mass is 9.97. The van der Waals surface area contributed by atoms with Crippen molar-refractivity contribution in [2.75, 3.05) is 6.54 Å². The Bertz CT molecular complexity index is 578. The fourth-order valence-corrected chi connectivity index (χ4v) is 2.21. The summed E-state index contributed by atoms with van der Waals surface area (Å²) in [5, 5.41) is 1.91. The minimum atomic E-state index is -0.485. The molecule has 4 N–H and O–H groups in total. The predicted molar refractivity (Wildman–Crippen MR) is 59.1 cm³/mol. The zero-order chi connectivity index (χ0) is 11.1. The van der Waals surface area contributed by atoms with E-state index in [9.17, 15) is 4.79 Å². The number of hydrazine groups is 1. The number of hydrogen-bond acceptors (Lipinski definition) is 4. The van der Waals surface area contributed by atoms with E-state index in [2.05, 4.69) is 21.9 Å². The summed E-state index contributed by atoms with van der Waals surface area (Å²) in [5.41, 5.74) is 13.0. The molecule has 0 bridgehead atoms. The van der Waals surface area contributed by atoms with E-state index in [-0.39, 0.29) is 0 Å². The van der Waals surface area contributed by atoms with Crippen molar-refractivity contribution in [3.05, 3.63) is 28.4 Å². The topological polar surface area (TPSA) is 80.0 Å². The molecule has 2 heterocycles. The first-order valence-corrected chi connectivity index (χ1v) is 5.26. The van der Waals surface area contributed by atoms with Crippen LogP contribution in [0.2, 0.25) is 0 Å². The van der Waals surface area contributed by atoms with Crippen molar-refractivity contribution in [1.82, 2.24) is 15.8 Å². The van der Waals surface area contributed by atoms with E-state index in [0.29, 0.717) is 11.6 Å². The van der Waals surface area contributed by atoms with E-state index in [1.807, 2.05) is 6.07 Å². The lowest BCUT2D eigenvalue weighted by molar-refractivity contribution is 0.0995. The maximum absolute atomic E-state index is 11.0. The largest absolute Gasteiger partial charge is 0.364 e. The number of aromatic nitrogens is 1. The number of nitrogens with one attached hydrogen (secondary N) is 2. The van der Waals surface area contributed by atoms with Gasteiger partial charge < -0.3 is 11.2 Å². The molecule has 1 aromatic rings. The second kappa shape index (κ2) is 3.31. The number of nitrogens with zero attached hydrogens (tertiary/aromatic N) is 1. The van der Waals surface area contributed by atoms with Gasteiger partial charge in [0.2, 0.25) is 0 Å². The molecule has 1 unspecified atom stereocenters. The monoisotopic (exact) mass is 216 g/mol. The lowest BCUT2D eigenvalue weighted by Crippen LogP contribution is -2.39. The van der Waals surface area contributed by atoms with Gasteiger partial charge in [-0.1, -0.05) is 6.08 Å². The average molecular weight is 216 g/mol. The van der Waals surface area contributed by atoms with Crippen LogP contribution in [0.3, 0.4) is 0 Å². The first-order chi connectivity index (χ1) is 7.75. The standard InChI is InChI=1S/C11H12N4O/c12-11(16)9-4-2-7-8(14-9)3-1-6-5-13-15-10(6)7/h2-4,6,13,15H,1,5H2,(H2,12,16). The summed E-state index contributed by atoms with van der Waals surface area (Å²) in [7, 11) is 0. The first-order valence-electron chi connectivity index (χ1n) is 5.26. The van der Waals surface area contributed by atoms with Crippen molar-refractivity contribution in [1.29, 1.82) is 0 Å². The van der Waals surface area contributed by atoms with Gasteiger partial charge in [0.05, 0.1) is 5.35 Å². The van der Waals surface area contributed by atoms with Gasteiger partial charge in [-0.2, -0.15) is 0 Å². The van der Waals surface area contributed by atoms with Crippen LogP contribution in [0.5, 0.6) is 0 Å². The molecule has 1 atom stereocenters. The third-order valence-corrected chi connectivity index (χ3v) is 3.04. The minimum Gasteiger partial charge on any atom is -0.364 e. The molecule has 1 aliphatic carbocycles. The van der Waals surface area contributed by atoms with E-state index >= 15 is 0 Å². The molecule has 0 radical (unpaired) electrons. The highest BCUT2D eigenvalue weighted by molar-refractivity contribution is 5.90. The Morgan fingerprint density at radius 1 is 1.50 bits per heavy atom. The van der Waals surface area contributed by atoms with Crippen LogP contribution in [0.4, 0.5) is 0 Å². The highest BCUT2D eigenvalue weighted by Crippen LogP contribution is 2.17. The maximum Gasteiger partial charge on any atom is 0.267 e. The Kier molecular flexibility index (Phi) is 1.94. The quantitative estimate of drug-likeness (QED) is 0.517. The Labute approximate surface area is 92.0 Å². The molecule has 1 saturated heterocycles. The van der Waals surface area contributed by atoms with Gasteiger partial charge in [0.15, 0.2) is 0 Å². The van der Waals surface area contributed by atoms with Gasteiger partial charge in [-0.25, -0.2) is 10.4 Å². The zero-order valence-corrected chi connectivity index (χ0v) is 8.66. The molecule has 5 heteroatoms. The van der Waals surface area contributed by atoms with Crippen molar-refractivity contribution in [3.8, 4) is 0 Å². The number of nitrogens with two attached hydrogens (primary N) is 1. The molecule has 0 saturated carbocycles. The number of pyridine rings is 1. The van der Waals surface area contributed by atoms with Crippen molar-refractivity contribution in [2.24, 2.45) is 11.7 Å². The van der Waals surface area contributed by atoms with Gasteiger partial charge in [0.1, 0.15) is 5.69 Å². The number of fused-ring (bicyclic) bond motifs is 2. The van der Waals surface area contributed by atoms with E-state index in [4.69, 9.17) is 5.73 Å². The number of primary amides is 1. The third kappa shape index (κ3) is 1.29. The molecular formula is C11H12N4O. The molecule has 1 amide bonds. The van der Waals surface area contributed by atoms with Gasteiger partial charge in [0, 0.05) is 23.4 Å². The fraction of sp³-hybridized carbons (Fsp3) is 0.273. The van der Waals surface area contributed by atoms with Crippen molar-refractivity contribution in [3.63, 3.8) is 0 Å². The molecule has 1 aliphatic heterocycles. The predicted octanol–water partition coefficient (Wildman–Crippen LogP) is -1.80. The van der Waals surface area contributed by atoms with Crippen molar-refractivity contribution >= 4 is 17.7 Å². The molecule has 3 rings (SSSR count). The SMILES string of the molecule is NC(=O)c1ccc2c(n1)=CCC1CNNC=21. The van der Waals surface area contributed by atoms with Crippen LogP contribution < -0.4 is 27.2 Å². The molecule has 5 nitrogen and oxygen atoms in total. The van der Waals surface area contributed by atoms with E-state index in [0.717, 1.165) is 23.5 Å². The maximum atomic E-state index is 11.0. The summed E-state index contributed by atoms with van der Waals surface area (Å²) in [6, 6.07) is 3.57. The number of hydrogen-bond donors (Lipinski definition) is 3. The highest BCUT2D eigenvalue weighted by Gasteiger charge is 2.23. The summed E-state index contributed by atoms with van der Waals surface area (Å²) >= 11 is 0. The van der Waals surface area contributed by atoms with Crippen LogP contribution in [0, 0.1) is 5.92 Å². The van der Waals surface area contributed by atoms with E-state index in [1.165, 1.54) is 5.70 Å². The number of carbonyl (C=O) groups excluding carboxylic acids is 1. The smallest absolute Gasteiger partial charge is 0.267 e. The molecule has 16 heavy (non-hydrogen) atoms. The molecule has 2 aliphatic rings. The van der Waals surface area contributed by atoms with Crippen LogP contribution >= 0.6 is 0 Å². The second-order valence-electron chi connectivity index (χ2n) is 4.05. The Morgan fingerprint density at radius 3 is 3.19 bits per heavy atom. The van der Waals surface area contributed by atoms with Crippen molar-refractivity contribution in [2.45, 2.75) is 6.42 Å². The summed E-state index contributed by atoms with van der Waals surface area (Å²) in [6.07, 6.45) is 3.00. The van der Waals surface area contributed by atoms with Crippen LogP contribution in [-0.4, -0.2) is 17.4 Å². The molecular weight excluding hydrogens is 204 g/mol. The Hall–Kier alpha value is -1.88. The van der Waals surface area contributed by atoms with Gasteiger partial charge in [-0.15, -0.1) is 0 Å². The molecule has 0 spiro atoms. The van der Waals surface area contributed by atoms with E-state index < -0.39 is 5.91 Å². The highest BCUT2D eigenvalue weighted by atomic mass is 16.1. The van der Waals surface area contributed by atoms with Crippen LogP contribution in [0.15, 0.2) is 12.1 Å². The van der Waals surface area contributed by atoms with Crippen LogP contribution in [-0.2, 0) is 0 Å². The van der Waals surface area contributed by atoms with Crippen LogP contribution in [0.1, 0.15) is 16.9 Å². The Balaban J connectivity index is 2.26. The van der Waals surface area contributed by atoms with Gasteiger partial charge >= 0.3 is 0 Å². The molecule has 1 fully saturated rings. The van der Waals surface area contributed by atoms with Crippen molar-refractivity contribution < 1.29 is 4.79 Å².